The maximum Gasteiger partial charge on any atom is 0.264 e. The second kappa shape index (κ2) is 11.9. The van der Waals surface area contributed by atoms with Gasteiger partial charge in [-0.2, -0.15) is 15.1 Å². The summed E-state index contributed by atoms with van der Waals surface area (Å²) in [6.07, 6.45) is -0.815. The number of nitrogens with one attached hydrogen (secondary N) is 2. The molecule has 39 heavy (non-hydrogen) atoms. The molecule has 0 aliphatic carbocycles. The van der Waals surface area contributed by atoms with E-state index < -0.39 is 30.3 Å². The van der Waals surface area contributed by atoms with E-state index in [1.165, 1.54) is 10.9 Å². The van der Waals surface area contributed by atoms with Crippen LogP contribution in [0.3, 0.4) is 0 Å². The minimum Gasteiger partial charge on any atom is -0.484 e. The zero-order chi connectivity index (χ0) is 27.2. The molecule has 1 fully saturated rings. The maximum atomic E-state index is 12.7. The largest absolute Gasteiger partial charge is 0.484 e. The smallest absolute Gasteiger partial charge is 0.264 e. The molecule has 202 valence electrons. The molecule has 13 nitrogen and oxygen atoms in total. The minimum absolute atomic E-state index is 0.0874. The van der Waals surface area contributed by atoms with Gasteiger partial charge in [-0.3, -0.25) is 14.9 Å². The predicted molar refractivity (Wildman–Crippen MR) is 138 cm³/mol. The fraction of sp³-hybridized carbons (Fsp3) is 0.269. The van der Waals surface area contributed by atoms with Crippen LogP contribution in [0.4, 0.5) is 11.8 Å². The number of anilines is 2. The van der Waals surface area contributed by atoms with Crippen LogP contribution >= 0.6 is 0 Å². The van der Waals surface area contributed by atoms with Crippen molar-refractivity contribution in [3.8, 4) is 11.5 Å². The quantitative estimate of drug-likeness (QED) is 0.234. The molecule has 4 N–H and O–H groups in total. The number of hydrogen-bond donors (Lipinski definition) is 4. The Hall–Kier alpha value is -4.59. The number of ether oxygens (including phenoxy) is 3. The molecule has 0 radical (unpaired) electrons. The van der Waals surface area contributed by atoms with Crippen LogP contribution in [0.5, 0.6) is 11.5 Å². The fourth-order valence-corrected chi connectivity index (χ4v) is 3.98. The lowest BCUT2D eigenvalue weighted by atomic mass is 10.2. The van der Waals surface area contributed by atoms with E-state index in [0.29, 0.717) is 16.9 Å². The van der Waals surface area contributed by atoms with Crippen molar-refractivity contribution in [1.82, 2.24) is 19.7 Å². The van der Waals surface area contributed by atoms with Gasteiger partial charge in [-0.15, -0.1) is 0 Å². The van der Waals surface area contributed by atoms with Crippen molar-refractivity contribution >= 4 is 34.6 Å². The molecule has 0 spiro atoms. The summed E-state index contributed by atoms with van der Waals surface area (Å²) in [4.78, 5) is 34.0. The average molecular weight is 535 g/mol. The van der Waals surface area contributed by atoms with Gasteiger partial charge in [-0.25, -0.2) is 4.68 Å². The van der Waals surface area contributed by atoms with E-state index in [4.69, 9.17) is 14.2 Å². The van der Waals surface area contributed by atoms with Crippen molar-refractivity contribution in [2.24, 2.45) is 0 Å². The molecule has 1 saturated heterocycles. The summed E-state index contributed by atoms with van der Waals surface area (Å²) in [5, 5.41) is 29.6. The molecule has 4 aromatic rings. The molecular formula is C26H26N6O7. The summed E-state index contributed by atoms with van der Waals surface area (Å²) in [5.41, 5.74) is 0.236. The van der Waals surface area contributed by atoms with Gasteiger partial charge >= 0.3 is 0 Å². The molecule has 3 atom stereocenters. The van der Waals surface area contributed by atoms with Crippen LogP contribution in [0.2, 0.25) is 0 Å². The lowest BCUT2D eigenvalue weighted by Gasteiger charge is -2.14. The maximum absolute atomic E-state index is 12.7. The first-order chi connectivity index (χ1) is 19.0. The number of aromatic nitrogens is 4. The van der Waals surface area contributed by atoms with E-state index >= 15 is 0 Å². The first-order valence-corrected chi connectivity index (χ1v) is 12.1. The van der Waals surface area contributed by atoms with Crippen LogP contribution in [0.1, 0.15) is 12.6 Å². The summed E-state index contributed by atoms with van der Waals surface area (Å²) in [6.45, 7) is -0.947. The predicted octanol–water partition coefficient (Wildman–Crippen LogP) is 1.50. The number of benzene rings is 2. The molecule has 5 rings (SSSR count). The Kier molecular flexibility index (Phi) is 7.91. The number of hydrogen-bond acceptors (Lipinski definition) is 10. The Bertz CT molecular complexity index is 1430. The average Bonchev–Trinajstić information content (AvgIpc) is 3.55. The van der Waals surface area contributed by atoms with Gasteiger partial charge < -0.3 is 29.7 Å². The van der Waals surface area contributed by atoms with E-state index in [1.807, 2.05) is 12.1 Å². The van der Waals surface area contributed by atoms with Crippen molar-refractivity contribution < 1.29 is 34.0 Å². The zero-order valence-corrected chi connectivity index (χ0v) is 20.6. The molecule has 1 aliphatic rings. The van der Waals surface area contributed by atoms with Gasteiger partial charge in [-0.05, 0) is 24.3 Å². The molecule has 2 aromatic carbocycles. The highest BCUT2D eigenvalue weighted by molar-refractivity contribution is 6.00. The molecule has 2 aromatic heterocycles. The van der Waals surface area contributed by atoms with Crippen molar-refractivity contribution in [1.29, 1.82) is 0 Å². The number of aliphatic hydroxyl groups excluding tert-OH is 2. The first-order valence-electron chi connectivity index (χ1n) is 12.1. The summed E-state index contributed by atoms with van der Waals surface area (Å²) in [6, 6.07) is 17.7. The lowest BCUT2D eigenvalue weighted by molar-refractivity contribution is -0.118. The fourth-order valence-electron chi connectivity index (χ4n) is 3.98. The lowest BCUT2D eigenvalue weighted by Crippen LogP contribution is -2.24. The molecule has 0 bridgehead atoms. The highest BCUT2D eigenvalue weighted by Gasteiger charge is 2.36. The van der Waals surface area contributed by atoms with Gasteiger partial charge in [0.25, 0.3) is 11.8 Å². The van der Waals surface area contributed by atoms with Crippen molar-refractivity contribution in [2.75, 3.05) is 30.5 Å². The number of amides is 2. The Morgan fingerprint density at radius 3 is 2.15 bits per heavy atom. The van der Waals surface area contributed by atoms with E-state index in [-0.39, 0.29) is 43.7 Å². The van der Waals surface area contributed by atoms with E-state index in [0.717, 1.165) is 0 Å². The van der Waals surface area contributed by atoms with Gasteiger partial charge in [0.2, 0.25) is 5.95 Å². The SMILES string of the molecule is O=C(COc1ccccc1)Nc1nc(NC(=O)COc2ccccc2)c2cnn([C@@H]3C[C@H](O)[C@@H](CO)O3)c2n1. The number of fused-ring (bicyclic) bond motifs is 1. The second-order valence-electron chi connectivity index (χ2n) is 8.64. The molecule has 0 saturated carbocycles. The Balaban J connectivity index is 1.37. The summed E-state index contributed by atoms with van der Waals surface area (Å²) in [7, 11) is 0. The van der Waals surface area contributed by atoms with Gasteiger partial charge in [-0.1, -0.05) is 36.4 Å². The van der Waals surface area contributed by atoms with Crippen LogP contribution < -0.4 is 20.1 Å². The Morgan fingerprint density at radius 2 is 1.56 bits per heavy atom. The van der Waals surface area contributed by atoms with Crippen LogP contribution in [0.15, 0.2) is 66.9 Å². The van der Waals surface area contributed by atoms with Crippen molar-refractivity contribution in [2.45, 2.75) is 24.9 Å². The zero-order valence-electron chi connectivity index (χ0n) is 20.6. The van der Waals surface area contributed by atoms with Gasteiger partial charge in [0.1, 0.15) is 23.4 Å². The van der Waals surface area contributed by atoms with Crippen LogP contribution in [0.25, 0.3) is 11.0 Å². The highest BCUT2D eigenvalue weighted by atomic mass is 16.5. The summed E-state index contributed by atoms with van der Waals surface area (Å²) in [5.74, 6) is -0.00297. The molecule has 1 aliphatic heterocycles. The Labute approximate surface area is 222 Å². The number of carbonyl (C=O) groups excluding carboxylic acids is 2. The second-order valence-corrected chi connectivity index (χ2v) is 8.64. The normalized spacial score (nSPS) is 18.6. The summed E-state index contributed by atoms with van der Waals surface area (Å²) < 4.78 is 18.1. The third-order valence-electron chi connectivity index (χ3n) is 5.85. The van der Waals surface area contributed by atoms with Gasteiger partial charge in [0, 0.05) is 6.42 Å². The Morgan fingerprint density at radius 1 is 0.949 bits per heavy atom. The molecule has 0 unspecified atom stereocenters. The summed E-state index contributed by atoms with van der Waals surface area (Å²) >= 11 is 0. The number of nitrogens with zero attached hydrogens (tertiary/aromatic N) is 4. The molecule has 3 heterocycles. The first kappa shape index (κ1) is 26.0. The number of rotatable bonds is 10. The number of carbonyl (C=O) groups is 2. The third-order valence-corrected chi connectivity index (χ3v) is 5.85. The molecular weight excluding hydrogens is 508 g/mol. The van der Waals surface area contributed by atoms with E-state index in [2.05, 4.69) is 25.7 Å². The van der Waals surface area contributed by atoms with E-state index in [9.17, 15) is 19.8 Å². The van der Waals surface area contributed by atoms with Crippen LogP contribution in [-0.4, -0.2) is 73.8 Å². The van der Waals surface area contributed by atoms with Crippen molar-refractivity contribution in [3.63, 3.8) is 0 Å². The van der Waals surface area contributed by atoms with Gasteiger partial charge in [0.05, 0.1) is 24.3 Å². The highest BCUT2D eigenvalue weighted by Crippen LogP contribution is 2.32. The van der Waals surface area contributed by atoms with Crippen LogP contribution in [-0.2, 0) is 14.3 Å². The third kappa shape index (κ3) is 6.29. The number of para-hydroxylation sites is 2. The van der Waals surface area contributed by atoms with Crippen molar-refractivity contribution in [3.05, 3.63) is 66.9 Å². The topological polar surface area (TPSA) is 170 Å². The standard InChI is InChI=1S/C26H26N6O7/c33-13-20-19(34)11-23(39-20)32-25-18(12-27-32)24(28-21(35)14-37-16-7-3-1-4-8-16)30-26(31-25)29-22(36)15-38-17-9-5-2-6-10-17/h1-10,12,19-20,23,33-34H,11,13-15H2,(H2,28,29,30,31,35,36)/t19-,20+,23-/m0/s1. The molecule has 13 heteroatoms. The van der Waals surface area contributed by atoms with E-state index in [1.54, 1.807) is 48.5 Å². The molecule has 2 amide bonds. The van der Waals surface area contributed by atoms with Crippen LogP contribution in [0, 0.1) is 0 Å². The van der Waals surface area contributed by atoms with Gasteiger partial charge in [0.15, 0.2) is 25.1 Å². The minimum atomic E-state index is -0.898. The monoisotopic (exact) mass is 534 g/mol. The number of aliphatic hydroxyl groups is 2.